The normalized spacial score (nSPS) is 26.4. The van der Waals surface area contributed by atoms with E-state index in [2.05, 4.69) is 12.2 Å². The Balaban J connectivity index is 2.13. The average Bonchev–Trinajstić information content (AvgIpc) is 2.47. The summed E-state index contributed by atoms with van der Waals surface area (Å²) in [7, 11) is 0. The van der Waals surface area contributed by atoms with Gasteiger partial charge in [0.15, 0.2) is 0 Å². The zero-order chi connectivity index (χ0) is 11.5. The fourth-order valence-corrected chi connectivity index (χ4v) is 3.02. The molecule has 0 aliphatic carbocycles. The molecule has 1 aliphatic heterocycles. The summed E-state index contributed by atoms with van der Waals surface area (Å²) in [6.07, 6.45) is 1.19. The van der Waals surface area contributed by atoms with E-state index in [4.69, 9.17) is 0 Å². The Morgan fingerprint density at radius 3 is 3.00 bits per heavy atom. The largest absolute Gasteiger partial charge is 0.309 e. The summed E-state index contributed by atoms with van der Waals surface area (Å²) in [5.74, 6) is 0.936. The summed E-state index contributed by atoms with van der Waals surface area (Å²) in [4.78, 5) is 0. The van der Waals surface area contributed by atoms with Crippen LogP contribution in [0.15, 0.2) is 18.2 Å². The van der Waals surface area contributed by atoms with E-state index in [0.29, 0.717) is 11.3 Å². The van der Waals surface area contributed by atoms with Crippen LogP contribution in [0, 0.1) is 12.7 Å². The molecule has 1 fully saturated rings. The minimum absolute atomic E-state index is 0.0957. The van der Waals surface area contributed by atoms with Gasteiger partial charge in [-0.05, 0) is 37.1 Å². The van der Waals surface area contributed by atoms with Gasteiger partial charge in [0.2, 0.25) is 0 Å². The third kappa shape index (κ3) is 2.77. The predicted octanol–water partition coefficient (Wildman–Crippen LogP) is 3.29. The molecular formula is C13H18FNS. The number of halogens is 1. The summed E-state index contributed by atoms with van der Waals surface area (Å²) in [5.41, 5.74) is 1.79. The maximum Gasteiger partial charge on any atom is 0.126 e. The van der Waals surface area contributed by atoms with Crippen molar-refractivity contribution in [3.8, 4) is 0 Å². The Bertz CT molecular complexity index is 367. The number of aryl methyl sites for hydroxylation is 1. The van der Waals surface area contributed by atoms with E-state index in [-0.39, 0.29) is 5.82 Å². The smallest absolute Gasteiger partial charge is 0.126 e. The van der Waals surface area contributed by atoms with Crippen LogP contribution in [0.5, 0.6) is 0 Å². The highest BCUT2D eigenvalue weighted by Gasteiger charge is 2.17. The molecule has 2 rings (SSSR count). The molecule has 2 unspecified atom stereocenters. The van der Waals surface area contributed by atoms with Crippen molar-refractivity contribution in [3.63, 3.8) is 0 Å². The lowest BCUT2D eigenvalue weighted by Crippen LogP contribution is -2.22. The van der Waals surface area contributed by atoms with Gasteiger partial charge >= 0.3 is 0 Å². The number of thioether (sulfide) groups is 1. The molecular weight excluding hydrogens is 221 g/mol. The van der Waals surface area contributed by atoms with E-state index in [1.165, 1.54) is 6.42 Å². The molecule has 1 heterocycles. The zero-order valence-electron chi connectivity index (χ0n) is 9.79. The average molecular weight is 239 g/mol. The first kappa shape index (κ1) is 11.9. The van der Waals surface area contributed by atoms with Crippen LogP contribution in [0.3, 0.4) is 0 Å². The van der Waals surface area contributed by atoms with Gasteiger partial charge < -0.3 is 5.32 Å². The maximum absolute atomic E-state index is 13.5. The van der Waals surface area contributed by atoms with Gasteiger partial charge in [0, 0.05) is 17.0 Å². The van der Waals surface area contributed by atoms with Crippen molar-refractivity contribution in [2.45, 2.75) is 31.6 Å². The Labute approximate surface area is 101 Å². The van der Waals surface area contributed by atoms with Crippen molar-refractivity contribution >= 4 is 11.8 Å². The number of rotatable bonds is 1. The van der Waals surface area contributed by atoms with Crippen molar-refractivity contribution in [2.24, 2.45) is 0 Å². The fourth-order valence-electron chi connectivity index (χ4n) is 1.90. The minimum Gasteiger partial charge on any atom is -0.309 e. The van der Waals surface area contributed by atoms with Gasteiger partial charge in [-0.15, -0.1) is 0 Å². The van der Waals surface area contributed by atoms with E-state index in [0.717, 1.165) is 23.4 Å². The second-order valence-electron chi connectivity index (χ2n) is 4.45. The van der Waals surface area contributed by atoms with E-state index >= 15 is 0 Å². The number of hydrogen-bond donors (Lipinski definition) is 1. The molecule has 0 spiro atoms. The molecule has 1 aromatic rings. The highest BCUT2D eigenvalue weighted by molar-refractivity contribution is 7.99. The lowest BCUT2D eigenvalue weighted by Gasteiger charge is -2.16. The molecule has 1 saturated heterocycles. The van der Waals surface area contributed by atoms with E-state index < -0.39 is 0 Å². The van der Waals surface area contributed by atoms with Gasteiger partial charge in [0.1, 0.15) is 5.82 Å². The number of hydrogen-bond acceptors (Lipinski definition) is 2. The fraction of sp³-hybridized carbons (Fsp3) is 0.538. The Kier molecular flexibility index (Phi) is 3.87. The van der Waals surface area contributed by atoms with Crippen LogP contribution in [-0.2, 0) is 0 Å². The third-order valence-corrected chi connectivity index (χ3v) is 4.42. The molecule has 16 heavy (non-hydrogen) atoms. The molecule has 3 heteroatoms. The summed E-state index contributed by atoms with van der Waals surface area (Å²) in [5, 5.41) is 4.19. The van der Waals surface area contributed by atoms with Crippen LogP contribution in [0.25, 0.3) is 0 Å². The second-order valence-corrected chi connectivity index (χ2v) is 5.92. The molecule has 0 saturated carbocycles. The molecule has 88 valence electrons. The highest BCUT2D eigenvalue weighted by atomic mass is 32.2. The molecule has 2 atom stereocenters. The van der Waals surface area contributed by atoms with Gasteiger partial charge in [-0.2, -0.15) is 11.8 Å². The van der Waals surface area contributed by atoms with Gasteiger partial charge in [0.25, 0.3) is 0 Å². The molecule has 0 bridgehead atoms. The summed E-state index contributed by atoms with van der Waals surface area (Å²) in [6.45, 7) is 5.08. The Morgan fingerprint density at radius 2 is 2.25 bits per heavy atom. The van der Waals surface area contributed by atoms with E-state index in [1.807, 2.05) is 23.9 Å². The molecule has 1 aliphatic rings. The third-order valence-electron chi connectivity index (χ3n) is 3.09. The van der Waals surface area contributed by atoms with E-state index in [1.54, 1.807) is 13.0 Å². The lowest BCUT2D eigenvalue weighted by atomic mass is 10.1. The molecule has 1 nitrogen and oxygen atoms in total. The molecule has 1 N–H and O–H groups in total. The van der Waals surface area contributed by atoms with Crippen molar-refractivity contribution in [1.82, 2.24) is 5.32 Å². The van der Waals surface area contributed by atoms with Crippen LogP contribution < -0.4 is 5.32 Å². The highest BCUT2D eigenvalue weighted by Crippen LogP contribution is 2.26. The van der Waals surface area contributed by atoms with Gasteiger partial charge in [-0.25, -0.2) is 4.39 Å². The van der Waals surface area contributed by atoms with Crippen molar-refractivity contribution in [1.29, 1.82) is 0 Å². The second kappa shape index (κ2) is 5.19. The first-order chi connectivity index (χ1) is 7.66. The van der Waals surface area contributed by atoms with E-state index in [9.17, 15) is 4.39 Å². The first-order valence-corrected chi connectivity index (χ1v) is 6.82. The molecule has 0 amide bonds. The summed E-state index contributed by atoms with van der Waals surface area (Å²) >= 11 is 1.97. The predicted molar refractivity (Wildman–Crippen MR) is 68.4 cm³/mol. The summed E-state index contributed by atoms with van der Waals surface area (Å²) < 4.78 is 13.5. The van der Waals surface area contributed by atoms with Crippen LogP contribution in [0.2, 0.25) is 0 Å². The van der Waals surface area contributed by atoms with Crippen molar-refractivity contribution in [2.75, 3.05) is 12.3 Å². The van der Waals surface area contributed by atoms with Crippen molar-refractivity contribution in [3.05, 3.63) is 35.1 Å². The van der Waals surface area contributed by atoms with Crippen LogP contribution in [0.4, 0.5) is 4.39 Å². The first-order valence-electron chi connectivity index (χ1n) is 5.78. The van der Waals surface area contributed by atoms with Gasteiger partial charge in [-0.3, -0.25) is 0 Å². The maximum atomic E-state index is 13.5. The molecule has 0 radical (unpaired) electrons. The monoisotopic (exact) mass is 239 g/mol. The van der Waals surface area contributed by atoms with Crippen LogP contribution in [0.1, 0.15) is 30.5 Å². The SMILES string of the molecule is Cc1ccc(C2CSC(C)CCN2)cc1F. The quantitative estimate of drug-likeness (QED) is 0.807. The number of nitrogens with one attached hydrogen (secondary N) is 1. The van der Waals surface area contributed by atoms with Gasteiger partial charge in [-0.1, -0.05) is 19.1 Å². The summed E-state index contributed by atoms with van der Waals surface area (Å²) in [6, 6.07) is 5.87. The van der Waals surface area contributed by atoms with Crippen LogP contribution >= 0.6 is 11.8 Å². The Morgan fingerprint density at radius 1 is 1.44 bits per heavy atom. The standard InChI is InChI=1S/C13H18FNS/c1-9-3-4-11(7-12(9)14)13-8-16-10(2)5-6-15-13/h3-4,7,10,13,15H,5-6,8H2,1-2H3. The zero-order valence-corrected chi connectivity index (χ0v) is 10.6. The number of benzene rings is 1. The van der Waals surface area contributed by atoms with Crippen molar-refractivity contribution < 1.29 is 4.39 Å². The topological polar surface area (TPSA) is 12.0 Å². The van der Waals surface area contributed by atoms with Crippen LogP contribution in [-0.4, -0.2) is 17.5 Å². The Hall–Kier alpha value is -0.540. The molecule has 0 aromatic heterocycles. The molecule has 1 aromatic carbocycles. The minimum atomic E-state index is -0.0957. The lowest BCUT2D eigenvalue weighted by molar-refractivity contribution is 0.567. The van der Waals surface area contributed by atoms with Gasteiger partial charge in [0.05, 0.1) is 0 Å².